The molecule has 0 spiro atoms. The third kappa shape index (κ3) is 4.03. The minimum absolute atomic E-state index is 0.103. The van der Waals surface area contributed by atoms with Crippen LogP contribution in [-0.4, -0.2) is 36.8 Å². The summed E-state index contributed by atoms with van der Waals surface area (Å²) in [6.07, 6.45) is 2.62. The maximum atomic E-state index is 11.8. The Bertz CT molecular complexity index is 289. The molecule has 1 aliphatic carbocycles. The Kier molecular flexibility index (Phi) is 5.65. The smallest absolute Gasteiger partial charge is 0.212 e. The fraction of sp³-hybridized carbons (Fsp3) is 1.00. The van der Waals surface area contributed by atoms with Gasteiger partial charge in [-0.1, -0.05) is 29.4 Å². The molecule has 0 aromatic rings. The molecule has 3 nitrogen and oxygen atoms in total. The van der Waals surface area contributed by atoms with Gasteiger partial charge < -0.3 is 0 Å². The lowest BCUT2D eigenvalue weighted by Crippen LogP contribution is -2.35. The Labute approximate surface area is 105 Å². The monoisotopic (exact) mass is 287 g/mol. The first-order valence-electron chi connectivity index (χ1n) is 4.94. The summed E-state index contributed by atoms with van der Waals surface area (Å²) < 4.78 is 25.2. The predicted molar refractivity (Wildman–Crippen MR) is 72.8 cm³/mol. The minimum Gasteiger partial charge on any atom is -0.212 e. The Balaban J connectivity index is 2.49. The molecule has 90 valence electrons. The van der Waals surface area contributed by atoms with Gasteiger partial charge in [0, 0.05) is 18.8 Å². The molecule has 0 radical (unpaired) electrons. The van der Waals surface area contributed by atoms with Crippen LogP contribution in [0, 0.1) is 0 Å². The fourth-order valence-corrected chi connectivity index (χ4v) is 5.62. The molecule has 1 fully saturated rings. The topological polar surface area (TPSA) is 37.4 Å². The quantitative estimate of drug-likeness (QED) is 0.576. The van der Waals surface area contributed by atoms with E-state index in [-0.39, 0.29) is 5.25 Å². The number of rotatable bonds is 7. The second-order valence-corrected chi connectivity index (χ2v) is 9.42. The van der Waals surface area contributed by atoms with E-state index in [0.717, 1.165) is 19.3 Å². The average molecular weight is 287 g/mol. The van der Waals surface area contributed by atoms with Gasteiger partial charge in [0.15, 0.2) is 0 Å². The molecule has 1 aliphatic rings. The van der Waals surface area contributed by atoms with Crippen LogP contribution >= 0.6 is 32.3 Å². The molecule has 0 N–H and O–H groups in total. The van der Waals surface area contributed by atoms with Crippen molar-refractivity contribution in [2.24, 2.45) is 0 Å². The molecule has 0 bridgehead atoms. The highest BCUT2D eigenvalue weighted by atomic mass is 33.5. The predicted octanol–water partition coefficient (Wildman–Crippen LogP) is 2.42. The Morgan fingerprint density at radius 3 is 2.53 bits per heavy atom. The van der Waals surface area contributed by atoms with Crippen molar-refractivity contribution in [2.75, 3.05) is 13.6 Å². The van der Waals surface area contributed by atoms with E-state index in [1.165, 1.54) is 14.1 Å². The first-order chi connectivity index (χ1) is 7.02. The molecule has 7 heteroatoms. The summed E-state index contributed by atoms with van der Waals surface area (Å²) in [6.45, 7) is 2.66. The zero-order chi connectivity index (χ0) is 11.5. The second kappa shape index (κ2) is 6.05. The average Bonchev–Trinajstić information content (AvgIpc) is 3.00. The van der Waals surface area contributed by atoms with E-state index in [1.807, 2.05) is 0 Å². The summed E-state index contributed by atoms with van der Waals surface area (Å²) in [5.74, 6) is 0. The van der Waals surface area contributed by atoms with Crippen LogP contribution < -0.4 is 0 Å². The van der Waals surface area contributed by atoms with E-state index in [0.29, 0.717) is 11.8 Å². The van der Waals surface area contributed by atoms with Crippen molar-refractivity contribution in [2.45, 2.75) is 36.7 Å². The largest absolute Gasteiger partial charge is 0.216 e. The van der Waals surface area contributed by atoms with Gasteiger partial charge in [-0.3, -0.25) is 0 Å². The zero-order valence-electron chi connectivity index (χ0n) is 8.92. The maximum Gasteiger partial charge on any atom is 0.216 e. The molecule has 1 unspecified atom stereocenters. The summed E-state index contributed by atoms with van der Waals surface area (Å²) in [5, 5.41) is 0.222. The van der Waals surface area contributed by atoms with E-state index < -0.39 is 10.0 Å². The highest BCUT2D eigenvalue weighted by Crippen LogP contribution is 2.34. The molecule has 1 saturated carbocycles. The van der Waals surface area contributed by atoms with Gasteiger partial charge in [-0.25, -0.2) is 12.7 Å². The minimum atomic E-state index is -3.00. The van der Waals surface area contributed by atoms with Crippen molar-refractivity contribution < 1.29 is 8.42 Å². The first-order valence-corrected chi connectivity index (χ1v) is 9.71. The molecule has 0 aromatic heterocycles. The second-order valence-electron chi connectivity index (χ2n) is 3.73. The highest BCUT2D eigenvalue weighted by molar-refractivity contribution is 9.05. The zero-order valence-corrected chi connectivity index (χ0v) is 12.3. The van der Waals surface area contributed by atoms with E-state index >= 15 is 0 Å². The molecule has 0 saturated heterocycles. The van der Waals surface area contributed by atoms with E-state index in [1.54, 1.807) is 17.8 Å². The van der Waals surface area contributed by atoms with Crippen LogP contribution in [0.25, 0.3) is 0 Å². The van der Waals surface area contributed by atoms with Gasteiger partial charge >= 0.3 is 0 Å². The van der Waals surface area contributed by atoms with Crippen molar-refractivity contribution >= 4 is 42.3 Å². The summed E-state index contributed by atoms with van der Waals surface area (Å²) in [6, 6.07) is 0. The standard InChI is InChI=1S/C8H17NO2S4/c1-3-7(13-14-12)6-9(2)15(10,11)8-4-5-8/h7-8,12H,3-6H2,1-2H3. The van der Waals surface area contributed by atoms with Crippen LogP contribution in [0.15, 0.2) is 0 Å². The Morgan fingerprint density at radius 1 is 1.53 bits per heavy atom. The summed E-state index contributed by atoms with van der Waals surface area (Å²) in [7, 11) is 1.71. The number of sulfonamides is 1. The first kappa shape index (κ1) is 14.0. The number of hydrogen-bond acceptors (Lipinski definition) is 5. The van der Waals surface area contributed by atoms with E-state index in [9.17, 15) is 8.42 Å². The highest BCUT2D eigenvalue weighted by Gasteiger charge is 2.38. The van der Waals surface area contributed by atoms with Crippen LogP contribution in [0.5, 0.6) is 0 Å². The SMILES string of the molecule is CCC(CN(C)S(=O)(=O)C1CC1)SSS. The van der Waals surface area contributed by atoms with Gasteiger partial charge in [-0.2, -0.15) is 0 Å². The maximum absolute atomic E-state index is 11.8. The van der Waals surface area contributed by atoms with Crippen LogP contribution in [0.1, 0.15) is 26.2 Å². The van der Waals surface area contributed by atoms with Gasteiger partial charge in [0.25, 0.3) is 0 Å². The van der Waals surface area contributed by atoms with Crippen LogP contribution in [0.3, 0.4) is 0 Å². The van der Waals surface area contributed by atoms with Crippen molar-refractivity contribution in [3.63, 3.8) is 0 Å². The number of nitrogens with zero attached hydrogens (tertiary/aromatic N) is 1. The third-order valence-corrected chi connectivity index (χ3v) is 7.50. The Hall–Kier alpha value is 0.960. The van der Waals surface area contributed by atoms with Crippen LogP contribution in [0.4, 0.5) is 0 Å². The molecule has 0 heterocycles. The number of thiol groups is 1. The molecule has 0 aliphatic heterocycles. The van der Waals surface area contributed by atoms with Crippen molar-refractivity contribution in [1.29, 1.82) is 0 Å². The molecule has 1 atom stereocenters. The molecular formula is C8H17NO2S4. The molecule has 0 aromatic carbocycles. The lowest BCUT2D eigenvalue weighted by Gasteiger charge is -2.21. The molecule has 1 rings (SSSR count). The van der Waals surface area contributed by atoms with Gasteiger partial charge in [0.05, 0.1) is 5.25 Å². The van der Waals surface area contributed by atoms with E-state index in [2.05, 4.69) is 18.6 Å². The normalized spacial score (nSPS) is 19.5. The molecular weight excluding hydrogens is 270 g/mol. The van der Waals surface area contributed by atoms with Crippen molar-refractivity contribution in [1.82, 2.24) is 4.31 Å². The van der Waals surface area contributed by atoms with Crippen molar-refractivity contribution in [3.8, 4) is 0 Å². The number of hydrogen-bond donors (Lipinski definition) is 1. The van der Waals surface area contributed by atoms with Crippen LogP contribution in [0.2, 0.25) is 0 Å². The Morgan fingerprint density at radius 2 is 2.13 bits per heavy atom. The third-order valence-electron chi connectivity index (χ3n) is 2.48. The summed E-state index contributed by atoms with van der Waals surface area (Å²) >= 11 is 4.07. The van der Waals surface area contributed by atoms with Gasteiger partial charge in [-0.05, 0) is 29.1 Å². The van der Waals surface area contributed by atoms with Gasteiger partial charge in [0.1, 0.15) is 0 Å². The lowest BCUT2D eigenvalue weighted by atomic mass is 10.3. The fourth-order valence-electron chi connectivity index (χ4n) is 1.30. The van der Waals surface area contributed by atoms with E-state index in [4.69, 9.17) is 0 Å². The molecule has 15 heavy (non-hydrogen) atoms. The summed E-state index contributed by atoms with van der Waals surface area (Å²) in [5.41, 5.74) is 0. The van der Waals surface area contributed by atoms with Gasteiger partial charge in [0.2, 0.25) is 10.0 Å². The summed E-state index contributed by atoms with van der Waals surface area (Å²) in [4.78, 5) is 0. The van der Waals surface area contributed by atoms with Gasteiger partial charge in [-0.15, -0.1) is 0 Å². The lowest BCUT2D eigenvalue weighted by molar-refractivity contribution is 0.463. The van der Waals surface area contributed by atoms with Crippen LogP contribution in [-0.2, 0) is 10.0 Å². The van der Waals surface area contributed by atoms with Crippen molar-refractivity contribution in [3.05, 3.63) is 0 Å². The molecule has 0 amide bonds.